The average Bonchev–Trinajstić information content (AvgIpc) is 2.43. The molecule has 3 nitrogen and oxygen atoms in total. The fourth-order valence-corrected chi connectivity index (χ4v) is 1.83. The first-order valence-corrected chi connectivity index (χ1v) is 6.85. The zero-order valence-electron chi connectivity index (χ0n) is 10.0. The summed E-state index contributed by atoms with van der Waals surface area (Å²) in [7, 11) is 0. The minimum Gasteiger partial charge on any atom is -0.331 e. The van der Waals surface area contributed by atoms with Gasteiger partial charge in [0, 0.05) is 10.2 Å². The molecule has 0 saturated carbocycles. The summed E-state index contributed by atoms with van der Waals surface area (Å²) in [5, 5.41) is 7.56. The van der Waals surface area contributed by atoms with Gasteiger partial charge in [-0.3, -0.25) is 5.43 Å². The molecule has 0 unspecified atom stereocenters. The summed E-state index contributed by atoms with van der Waals surface area (Å²) >= 11 is 8.52. The Balaban J connectivity index is 1.85. The van der Waals surface area contributed by atoms with Crippen molar-refractivity contribution in [2.24, 2.45) is 5.10 Å². The van der Waals surface area contributed by atoms with Gasteiger partial charge in [0.05, 0.1) is 6.21 Å². The third-order valence-corrected chi connectivity index (χ3v) is 3.00. The first-order valence-electron chi connectivity index (χ1n) is 5.65. The molecule has 2 rings (SSSR count). The molecule has 0 spiro atoms. The first kappa shape index (κ1) is 13.7. The molecule has 0 bridgehead atoms. The van der Waals surface area contributed by atoms with Crippen molar-refractivity contribution in [1.82, 2.24) is 5.43 Å². The lowest BCUT2D eigenvalue weighted by Gasteiger charge is -2.06. The Morgan fingerprint density at radius 3 is 2.42 bits per heavy atom. The smallest absolute Gasteiger partial charge is 0.191 e. The van der Waals surface area contributed by atoms with Crippen LogP contribution in [0, 0.1) is 0 Å². The summed E-state index contributed by atoms with van der Waals surface area (Å²) in [6.07, 6.45) is 1.72. The minimum atomic E-state index is 0.453. The Hall–Kier alpha value is -1.72. The summed E-state index contributed by atoms with van der Waals surface area (Å²) in [4.78, 5) is 0. The number of hydrogen-bond acceptors (Lipinski definition) is 2. The minimum absolute atomic E-state index is 0.453. The van der Waals surface area contributed by atoms with E-state index in [1.54, 1.807) is 6.21 Å². The lowest BCUT2D eigenvalue weighted by atomic mass is 10.2. The van der Waals surface area contributed by atoms with Crippen molar-refractivity contribution in [3.8, 4) is 0 Å². The molecule has 96 valence electrons. The maximum atomic E-state index is 5.14. The quantitative estimate of drug-likeness (QED) is 0.510. The van der Waals surface area contributed by atoms with Crippen LogP contribution in [-0.2, 0) is 0 Å². The maximum absolute atomic E-state index is 5.14. The highest BCUT2D eigenvalue weighted by atomic mass is 79.9. The van der Waals surface area contributed by atoms with Crippen LogP contribution >= 0.6 is 28.1 Å². The molecule has 0 aromatic heterocycles. The Morgan fingerprint density at radius 2 is 1.74 bits per heavy atom. The van der Waals surface area contributed by atoms with E-state index in [-0.39, 0.29) is 0 Å². The fourth-order valence-electron chi connectivity index (χ4n) is 1.40. The standard InChI is InChI=1S/C14H12BrN3S/c15-12-6-8-13(9-7-12)17-14(19)18-16-10-11-4-2-1-3-5-11/h1-10H,(H2,17,18,19). The van der Waals surface area contributed by atoms with Gasteiger partial charge in [-0.2, -0.15) is 5.10 Å². The SMILES string of the molecule is S=C(NN=Cc1ccccc1)Nc1ccc(Br)cc1. The van der Waals surface area contributed by atoms with Gasteiger partial charge in [0.1, 0.15) is 0 Å². The van der Waals surface area contributed by atoms with E-state index >= 15 is 0 Å². The van der Waals surface area contributed by atoms with Gasteiger partial charge in [0.25, 0.3) is 0 Å². The molecule has 0 saturated heterocycles. The second-order valence-electron chi connectivity index (χ2n) is 3.74. The molecule has 5 heteroatoms. The van der Waals surface area contributed by atoms with Gasteiger partial charge in [-0.15, -0.1) is 0 Å². The molecule has 0 aliphatic heterocycles. The summed E-state index contributed by atoms with van der Waals surface area (Å²) < 4.78 is 1.03. The third kappa shape index (κ3) is 4.81. The van der Waals surface area contributed by atoms with Crippen molar-refractivity contribution in [3.05, 3.63) is 64.6 Å². The highest BCUT2D eigenvalue weighted by molar-refractivity contribution is 9.10. The van der Waals surface area contributed by atoms with Crippen LogP contribution in [-0.4, -0.2) is 11.3 Å². The zero-order chi connectivity index (χ0) is 13.5. The fraction of sp³-hybridized carbons (Fsp3) is 0. The Kier molecular flexibility index (Phi) is 5.06. The number of nitrogens with one attached hydrogen (secondary N) is 2. The van der Waals surface area contributed by atoms with Crippen LogP contribution in [0.3, 0.4) is 0 Å². The van der Waals surface area contributed by atoms with E-state index in [9.17, 15) is 0 Å². The van der Waals surface area contributed by atoms with Crippen LogP contribution in [0.1, 0.15) is 5.56 Å². The van der Waals surface area contributed by atoms with Gasteiger partial charge in [-0.05, 0) is 42.0 Å². The normalized spacial score (nSPS) is 10.4. The Morgan fingerprint density at radius 1 is 1.05 bits per heavy atom. The van der Waals surface area contributed by atoms with Crippen LogP contribution in [0.5, 0.6) is 0 Å². The van der Waals surface area contributed by atoms with E-state index < -0.39 is 0 Å². The van der Waals surface area contributed by atoms with Crippen molar-refractivity contribution in [3.63, 3.8) is 0 Å². The summed E-state index contributed by atoms with van der Waals surface area (Å²) in [5.74, 6) is 0. The molecule has 2 N–H and O–H groups in total. The van der Waals surface area contributed by atoms with Gasteiger partial charge in [0.2, 0.25) is 0 Å². The molecule has 0 aliphatic carbocycles. The second-order valence-corrected chi connectivity index (χ2v) is 5.07. The lowest BCUT2D eigenvalue weighted by molar-refractivity contribution is 1.05. The number of thiocarbonyl (C=S) groups is 1. The molecule has 0 aliphatic rings. The largest absolute Gasteiger partial charge is 0.331 e. The van der Waals surface area contributed by atoms with Gasteiger partial charge in [-0.1, -0.05) is 46.3 Å². The van der Waals surface area contributed by atoms with E-state index in [2.05, 4.69) is 31.8 Å². The number of hydrogen-bond donors (Lipinski definition) is 2. The molecule has 0 radical (unpaired) electrons. The number of nitrogens with zero attached hydrogens (tertiary/aromatic N) is 1. The number of anilines is 1. The summed E-state index contributed by atoms with van der Waals surface area (Å²) in [6, 6.07) is 17.6. The van der Waals surface area contributed by atoms with E-state index in [1.165, 1.54) is 0 Å². The molecular formula is C14H12BrN3S. The van der Waals surface area contributed by atoms with Crippen LogP contribution in [0.4, 0.5) is 5.69 Å². The first-order chi connectivity index (χ1) is 9.24. The van der Waals surface area contributed by atoms with Gasteiger partial charge >= 0.3 is 0 Å². The highest BCUT2D eigenvalue weighted by Gasteiger charge is 1.95. The number of hydrazone groups is 1. The Labute approximate surface area is 125 Å². The van der Waals surface area contributed by atoms with E-state index in [4.69, 9.17) is 12.2 Å². The highest BCUT2D eigenvalue weighted by Crippen LogP contribution is 2.13. The molecule has 0 atom stereocenters. The maximum Gasteiger partial charge on any atom is 0.191 e. The average molecular weight is 334 g/mol. The molecule has 0 heterocycles. The lowest BCUT2D eigenvalue weighted by Crippen LogP contribution is -2.23. The number of halogens is 1. The topological polar surface area (TPSA) is 36.4 Å². The Bertz CT molecular complexity index is 567. The predicted octanol–water partition coefficient (Wildman–Crippen LogP) is 3.77. The van der Waals surface area contributed by atoms with Crippen LogP contribution in [0.25, 0.3) is 0 Å². The molecular weight excluding hydrogens is 322 g/mol. The van der Waals surface area contributed by atoms with Gasteiger partial charge in [0.15, 0.2) is 5.11 Å². The van der Waals surface area contributed by atoms with Gasteiger partial charge in [-0.25, -0.2) is 0 Å². The number of benzene rings is 2. The predicted molar refractivity (Wildman–Crippen MR) is 87.5 cm³/mol. The zero-order valence-corrected chi connectivity index (χ0v) is 12.4. The van der Waals surface area contributed by atoms with Gasteiger partial charge < -0.3 is 5.32 Å². The van der Waals surface area contributed by atoms with Crippen molar-refractivity contribution >= 4 is 45.2 Å². The van der Waals surface area contributed by atoms with Crippen molar-refractivity contribution in [2.45, 2.75) is 0 Å². The summed E-state index contributed by atoms with van der Waals surface area (Å²) in [6.45, 7) is 0. The van der Waals surface area contributed by atoms with E-state index in [0.717, 1.165) is 15.7 Å². The third-order valence-electron chi connectivity index (χ3n) is 2.28. The van der Waals surface area contributed by atoms with Crippen molar-refractivity contribution in [1.29, 1.82) is 0 Å². The van der Waals surface area contributed by atoms with E-state index in [1.807, 2.05) is 54.6 Å². The van der Waals surface area contributed by atoms with Crippen LogP contribution in [0.15, 0.2) is 64.2 Å². The summed E-state index contributed by atoms with van der Waals surface area (Å²) in [5.41, 5.74) is 4.70. The van der Waals surface area contributed by atoms with Crippen molar-refractivity contribution in [2.75, 3.05) is 5.32 Å². The molecule has 0 amide bonds. The second kappa shape index (κ2) is 7.01. The molecule has 2 aromatic rings. The monoisotopic (exact) mass is 333 g/mol. The van der Waals surface area contributed by atoms with Crippen molar-refractivity contribution < 1.29 is 0 Å². The van der Waals surface area contributed by atoms with E-state index in [0.29, 0.717) is 5.11 Å². The molecule has 2 aromatic carbocycles. The van der Waals surface area contributed by atoms with Crippen LogP contribution < -0.4 is 10.7 Å². The van der Waals surface area contributed by atoms with Crippen LogP contribution in [0.2, 0.25) is 0 Å². The molecule has 19 heavy (non-hydrogen) atoms. The molecule has 0 fully saturated rings. The number of rotatable bonds is 3.